The van der Waals surface area contributed by atoms with Gasteiger partial charge in [-0.15, -0.1) is 0 Å². The first-order valence-corrected chi connectivity index (χ1v) is 13.9. The predicted molar refractivity (Wildman–Crippen MR) is 146 cm³/mol. The summed E-state index contributed by atoms with van der Waals surface area (Å²) in [6.45, 7) is 4.79. The van der Waals surface area contributed by atoms with Crippen molar-refractivity contribution in [2.75, 3.05) is 6.61 Å². The van der Waals surface area contributed by atoms with Crippen molar-refractivity contribution in [3.63, 3.8) is 0 Å². The maximum absolute atomic E-state index is 13.5. The van der Waals surface area contributed by atoms with Gasteiger partial charge in [-0.1, -0.05) is 86.6 Å². The smallest absolute Gasteiger partial charge is 0.410 e. The van der Waals surface area contributed by atoms with Gasteiger partial charge in [0.2, 0.25) is 0 Å². The molecule has 0 saturated carbocycles. The third kappa shape index (κ3) is 4.46. The molecule has 6 rings (SSSR count). The number of carbonyl (C=O) groups is 1. The maximum atomic E-state index is 13.5. The zero-order chi connectivity index (χ0) is 25.6. The molecule has 2 saturated heterocycles. The Morgan fingerprint density at radius 2 is 1.49 bits per heavy atom. The van der Waals surface area contributed by atoms with E-state index in [0.29, 0.717) is 25.4 Å². The largest absolute Gasteiger partial charge is 0.448 e. The van der Waals surface area contributed by atoms with E-state index in [9.17, 15) is 9.90 Å². The predicted octanol–water partition coefficient (Wildman–Crippen LogP) is 7.04. The molecule has 2 fully saturated rings. The number of fused-ring (bicyclic) bond motifs is 5. The summed E-state index contributed by atoms with van der Waals surface area (Å²) >= 11 is 0. The highest BCUT2D eigenvalue weighted by atomic mass is 16.6. The summed E-state index contributed by atoms with van der Waals surface area (Å²) in [6.07, 6.45) is 4.86. The zero-order valence-corrected chi connectivity index (χ0v) is 21.9. The molecule has 1 aliphatic carbocycles. The Balaban J connectivity index is 1.17. The SMILES string of the molecule is CC(C)Cc1ccc(C2(O)CC3CCCC(C2)N3C(=O)OCC2c3ccccc3-c3ccccc32)cc1. The van der Waals surface area contributed by atoms with Crippen molar-refractivity contribution < 1.29 is 14.6 Å². The minimum atomic E-state index is -0.897. The fraction of sp³-hybridized carbons (Fsp3) is 0.424. The Morgan fingerprint density at radius 3 is 2.05 bits per heavy atom. The van der Waals surface area contributed by atoms with Gasteiger partial charge in [0.15, 0.2) is 0 Å². The van der Waals surface area contributed by atoms with Gasteiger partial charge in [-0.3, -0.25) is 0 Å². The average molecular weight is 496 g/mol. The number of piperidine rings is 2. The van der Waals surface area contributed by atoms with Crippen LogP contribution in [-0.2, 0) is 16.8 Å². The number of ether oxygens (including phenoxy) is 1. The molecule has 2 atom stereocenters. The second-order valence-electron chi connectivity index (χ2n) is 11.7. The standard InChI is InChI=1S/C33H37NO3/c1-22(2)18-23-14-16-24(17-15-23)33(36)19-25-8-7-9-26(20-33)34(25)32(35)37-21-31-29-12-5-3-10-27(29)28-11-4-6-13-30(28)31/h3-6,10-17,22,25-26,31,36H,7-9,18-21H2,1-2H3. The molecule has 37 heavy (non-hydrogen) atoms. The van der Waals surface area contributed by atoms with Crippen molar-refractivity contribution in [2.45, 2.75) is 76.0 Å². The third-order valence-electron chi connectivity index (χ3n) is 8.69. The first kappa shape index (κ1) is 24.2. The number of carbonyl (C=O) groups excluding carboxylic acids is 1. The molecular formula is C33H37NO3. The van der Waals surface area contributed by atoms with Crippen LogP contribution < -0.4 is 0 Å². The number of nitrogens with zero attached hydrogens (tertiary/aromatic N) is 1. The number of aliphatic hydroxyl groups is 1. The van der Waals surface area contributed by atoms with E-state index >= 15 is 0 Å². The van der Waals surface area contributed by atoms with E-state index in [1.807, 2.05) is 4.90 Å². The molecule has 0 radical (unpaired) electrons. The zero-order valence-electron chi connectivity index (χ0n) is 21.9. The quantitative estimate of drug-likeness (QED) is 0.413. The topological polar surface area (TPSA) is 49.8 Å². The normalized spacial score (nSPS) is 24.6. The maximum Gasteiger partial charge on any atom is 0.410 e. The van der Waals surface area contributed by atoms with Gasteiger partial charge in [0.1, 0.15) is 6.61 Å². The van der Waals surface area contributed by atoms with Crippen molar-refractivity contribution in [1.82, 2.24) is 4.90 Å². The van der Waals surface area contributed by atoms with Crippen LogP contribution in [0.5, 0.6) is 0 Å². The van der Waals surface area contributed by atoms with Gasteiger partial charge in [-0.25, -0.2) is 4.79 Å². The Hall–Kier alpha value is -3.11. The lowest BCUT2D eigenvalue weighted by Gasteiger charge is -2.51. The number of rotatable bonds is 5. The molecule has 2 heterocycles. The van der Waals surface area contributed by atoms with Gasteiger partial charge in [0.05, 0.1) is 5.60 Å². The molecule has 2 unspecified atom stereocenters. The van der Waals surface area contributed by atoms with E-state index in [4.69, 9.17) is 4.74 Å². The summed E-state index contributed by atoms with van der Waals surface area (Å²) < 4.78 is 6.05. The highest BCUT2D eigenvalue weighted by molar-refractivity contribution is 5.79. The second kappa shape index (κ2) is 9.64. The lowest BCUT2D eigenvalue weighted by atomic mass is 9.72. The number of benzene rings is 3. The van der Waals surface area contributed by atoms with E-state index < -0.39 is 5.60 Å². The van der Waals surface area contributed by atoms with Gasteiger partial charge in [0.25, 0.3) is 0 Å². The molecule has 2 bridgehead atoms. The summed E-state index contributed by atoms with van der Waals surface area (Å²) in [4.78, 5) is 15.5. The van der Waals surface area contributed by atoms with Crippen LogP contribution in [0.15, 0.2) is 72.8 Å². The van der Waals surface area contributed by atoms with Gasteiger partial charge in [-0.05, 0) is 65.0 Å². The molecule has 1 N–H and O–H groups in total. The summed E-state index contributed by atoms with van der Waals surface area (Å²) in [7, 11) is 0. The second-order valence-corrected chi connectivity index (χ2v) is 11.7. The Bertz CT molecular complexity index is 1220. The molecule has 3 aromatic rings. The summed E-state index contributed by atoms with van der Waals surface area (Å²) in [5.41, 5.74) is 6.31. The van der Waals surface area contributed by atoms with Crippen LogP contribution in [0.3, 0.4) is 0 Å². The molecule has 4 nitrogen and oxygen atoms in total. The Labute approximate surface area is 220 Å². The van der Waals surface area contributed by atoms with Crippen LogP contribution in [0.4, 0.5) is 4.79 Å². The van der Waals surface area contributed by atoms with Crippen LogP contribution in [0, 0.1) is 5.92 Å². The Morgan fingerprint density at radius 1 is 0.919 bits per heavy atom. The van der Waals surface area contributed by atoms with Crippen LogP contribution in [0.1, 0.15) is 74.1 Å². The van der Waals surface area contributed by atoms with Crippen molar-refractivity contribution >= 4 is 6.09 Å². The average Bonchev–Trinajstić information content (AvgIpc) is 3.20. The van der Waals surface area contributed by atoms with E-state index in [1.165, 1.54) is 27.8 Å². The minimum absolute atomic E-state index is 0.00323. The van der Waals surface area contributed by atoms with E-state index in [2.05, 4.69) is 86.6 Å². The molecule has 0 aromatic heterocycles. The number of hydrogen-bond donors (Lipinski definition) is 1. The van der Waals surface area contributed by atoms with Gasteiger partial charge in [-0.2, -0.15) is 0 Å². The van der Waals surface area contributed by atoms with Crippen LogP contribution in [0.25, 0.3) is 11.1 Å². The van der Waals surface area contributed by atoms with Crippen molar-refractivity contribution in [3.05, 3.63) is 95.1 Å². The monoisotopic (exact) mass is 495 g/mol. The van der Waals surface area contributed by atoms with Crippen LogP contribution in [-0.4, -0.2) is 34.8 Å². The first-order chi connectivity index (χ1) is 17.9. The fourth-order valence-electron chi connectivity index (χ4n) is 7.05. The van der Waals surface area contributed by atoms with Gasteiger partial charge < -0.3 is 14.7 Å². The van der Waals surface area contributed by atoms with Crippen LogP contribution in [0.2, 0.25) is 0 Å². The minimum Gasteiger partial charge on any atom is -0.448 e. The van der Waals surface area contributed by atoms with Gasteiger partial charge >= 0.3 is 6.09 Å². The van der Waals surface area contributed by atoms with E-state index in [0.717, 1.165) is 31.2 Å². The molecule has 192 valence electrons. The molecule has 1 amide bonds. The number of amides is 1. The Kier molecular flexibility index (Phi) is 6.32. The molecule has 0 spiro atoms. The van der Waals surface area contributed by atoms with Crippen molar-refractivity contribution in [1.29, 1.82) is 0 Å². The highest BCUT2D eigenvalue weighted by Gasteiger charge is 2.48. The van der Waals surface area contributed by atoms with Crippen molar-refractivity contribution in [2.24, 2.45) is 5.92 Å². The molecular weight excluding hydrogens is 458 g/mol. The third-order valence-corrected chi connectivity index (χ3v) is 8.69. The molecule has 4 heteroatoms. The fourth-order valence-corrected chi connectivity index (χ4v) is 7.05. The van der Waals surface area contributed by atoms with Gasteiger partial charge in [0, 0.05) is 30.8 Å². The van der Waals surface area contributed by atoms with E-state index in [1.54, 1.807) is 0 Å². The van der Waals surface area contributed by atoms with E-state index in [-0.39, 0.29) is 24.1 Å². The summed E-state index contributed by atoms with van der Waals surface area (Å²) in [5.74, 6) is 0.663. The lowest BCUT2D eigenvalue weighted by Crippen LogP contribution is -2.59. The lowest BCUT2D eigenvalue weighted by molar-refractivity contribution is -0.0891. The number of hydrogen-bond acceptors (Lipinski definition) is 3. The highest BCUT2D eigenvalue weighted by Crippen LogP contribution is 2.46. The van der Waals surface area contributed by atoms with Crippen LogP contribution >= 0.6 is 0 Å². The molecule has 3 aromatic carbocycles. The summed E-state index contributed by atoms with van der Waals surface area (Å²) in [5, 5.41) is 11.8. The summed E-state index contributed by atoms with van der Waals surface area (Å²) in [6, 6.07) is 25.4. The van der Waals surface area contributed by atoms with Crippen molar-refractivity contribution in [3.8, 4) is 11.1 Å². The molecule has 2 aliphatic heterocycles. The first-order valence-electron chi connectivity index (χ1n) is 13.9. The molecule has 3 aliphatic rings.